The molecular weight excluding hydrogens is 240 g/mol. The van der Waals surface area contributed by atoms with Gasteiger partial charge in [0.05, 0.1) is 4.90 Å². The summed E-state index contributed by atoms with van der Waals surface area (Å²) in [5.74, 6) is 0.508. The van der Waals surface area contributed by atoms with Crippen LogP contribution >= 0.6 is 0 Å². The quantitative estimate of drug-likeness (QED) is 0.839. The number of rotatable bonds is 4. The van der Waals surface area contributed by atoms with Crippen LogP contribution < -0.4 is 4.72 Å². The van der Waals surface area contributed by atoms with E-state index in [9.17, 15) is 8.42 Å². The second kappa shape index (κ2) is 4.31. The summed E-state index contributed by atoms with van der Waals surface area (Å²) in [6, 6.07) is 4.57. The van der Waals surface area contributed by atoms with Gasteiger partial charge in [-0.1, -0.05) is 6.08 Å². The summed E-state index contributed by atoms with van der Waals surface area (Å²) in [4.78, 5) is 4.26. The van der Waals surface area contributed by atoms with Crippen molar-refractivity contribution < 1.29 is 12.8 Å². The van der Waals surface area contributed by atoms with Gasteiger partial charge in [0, 0.05) is 19.5 Å². The molecule has 2 aromatic rings. The van der Waals surface area contributed by atoms with Crippen LogP contribution in [0.1, 0.15) is 5.89 Å². The molecule has 90 valence electrons. The Morgan fingerprint density at radius 3 is 3.00 bits per heavy atom. The first-order valence-electron chi connectivity index (χ1n) is 5.01. The standard InChI is InChI=1S/C11H12N2O3S/c1-3-6-12-17(14,15)9-4-5-10-11(7-9)16-8(2)13-10/h3-5,7,12H,1,6H2,2H3. The molecule has 0 saturated carbocycles. The number of hydrogen-bond acceptors (Lipinski definition) is 4. The summed E-state index contributed by atoms with van der Waals surface area (Å²) < 4.78 is 31.3. The van der Waals surface area contributed by atoms with Crippen LogP contribution in [0.2, 0.25) is 0 Å². The van der Waals surface area contributed by atoms with Crippen molar-refractivity contribution in [2.24, 2.45) is 0 Å². The lowest BCUT2D eigenvalue weighted by Gasteiger charge is -2.03. The van der Waals surface area contributed by atoms with E-state index in [2.05, 4.69) is 16.3 Å². The molecule has 0 aliphatic rings. The maximum absolute atomic E-state index is 11.8. The van der Waals surface area contributed by atoms with Crippen LogP contribution in [-0.4, -0.2) is 19.9 Å². The summed E-state index contributed by atoms with van der Waals surface area (Å²) >= 11 is 0. The number of fused-ring (bicyclic) bond motifs is 1. The van der Waals surface area contributed by atoms with Crippen molar-refractivity contribution in [1.29, 1.82) is 0 Å². The van der Waals surface area contributed by atoms with E-state index in [0.29, 0.717) is 17.0 Å². The number of nitrogens with zero attached hydrogens (tertiary/aromatic N) is 1. The van der Waals surface area contributed by atoms with Crippen molar-refractivity contribution in [3.8, 4) is 0 Å². The van der Waals surface area contributed by atoms with Crippen molar-refractivity contribution in [1.82, 2.24) is 9.71 Å². The molecule has 1 aromatic carbocycles. The third-order valence-electron chi connectivity index (χ3n) is 2.19. The number of oxazole rings is 1. The monoisotopic (exact) mass is 252 g/mol. The maximum Gasteiger partial charge on any atom is 0.240 e. The predicted molar refractivity (Wildman–Crippen MR) is 64.1 cm³/mol. The Morgan fingerprint density at radius 2 is 2.29 bits per heavy atom. The average molecular weight is 252 g/mol. The van der Waals surface area contributed by atoms with Gasteiger partial charge >= 0.3 is 0 Å². The lowest BCUT2D eigenvalue weighted by molar-refractivity contribution is 0.559. The van der Waals surface area contributed by atoms with E-state index >= 15 is 0 Å². The van der Waals surface area contributed by atoms with Crippen LogP contribution in [0.3, 0.4) is 0 Å². The topological polar surface area (TPSA) is 72.2 Å². The van der Waals surface area contributed by atoms with E-state index in [1.807, 2.05) is 0 Å². The highest BCUT2D eigenvalue weighted by Gasteiger charge is 2.14. The minimum Gasteiger partial charge on any atom is -0.441 e. The molecular formula is C11H12N2O3S. The summed E-state index contributed by atoms with van der Waals surface area (Å²) in [5, 5.41) is 0. The van der Waals surface area contributed by atoms with Gasteiger partial charge in [-0.05, 0) is 12.1 Å². The first-order chi connectivity index (χ1) is 8.03. The van der Waals surface area contributed by atoms with Gasteiger partial charge in [0.15, 0.2) is 11.5 Å². The Labute approximate surface area is 99.2 Å². The number of aryl methyl sites for hydroxylation is 1. The summed E-state index contributed by atoms with van der Waals surface area (Å²) in [5.41, 5.74) is 1.11. The van der Waals surface area contributed by atoms with Gasteiger partial charge in [0.2, 0.25) is 10.0 Å². The Morgan fingerprint density at radius 1 is 1.53 bits per heavy atom. The third kappa shape index (κ3) is 2.37. The molecule has 0 fully saturated rings. The van der Waals surface area contributed by atoms with Crippen LogP contribution in [0, 0.1) is 6.92 Å². The van der Waals surface area contributed by atoms with E-state index in [1.165, 1.54) is 18.2 Å². The molecule has 0 aliphatic heterocycles. The van der Waals surface area contributed by atoms with Gasteiger partial charge in [0.25, 0.3) is 0 Å². The molecule has 0 unspecified atom stereocenters. The van der Waals surface area contributed by atoms with E-state index < -0.39 is 10.0 Å². The van der Waals surface area contributed by atoms with Crippen molar-refractivity contribution in [3.05, 3.63) is 36.7 Å². The first kappa shape index (κ1) is 11.8. The number of benzene rings is 1. The molecule has 17 heavy (non-hydrogen) atoms. The van der Waals surface area contributed by atoms with Crippen LogP contribution in [0.4, 0.5) is 0 Å². The fourth-order valence-electron chi connectivity index (χ4n) is 1.44. The molecule has 0 atom stereocenters. The minimum atomic E-state index is -3.51. The van der Waals surface area contributed by atoms with Crippen LogP contribution in [0.25, 0.3) is 11.1 Å². The SMILES string of the molecule is C=CCNS(=O)(=O)c1ccc2nc(C)oc2c1. The molecule has 0 spiro atoms. The first-order valence-corrected chi connectivity index (χ1v) is 6.49. The van der Waals surface area contributed by atoms with Crippen molar-refractivity contribution in [2.45, 2.75) is 11.8 Å². The van der Waals surface area contributed by atoms with E-state index in [4.69, 9.17) is 4.42 Å². The molecule has 5 nitrogen and oxygen atoms in total. The van der Waals surface area contributed by atoms with Gasteiger partial charge in [-0.15, -0.1) is 6.58 Å². The summed E-state index contributed by atoms with van der Waals surface area (Å²) in [6.45, 7) is 5.36. The number of aromatic nitrogens is 1. The van der Waals surface area contributed by atoms with Crippen molar-refractivity contribution in [2.75, 3.05) is 6.54 Å². The lowest BCUT2D eigenvalue weighted by atomic mass is 10.3. The van der Waals surface area contributed by atoms with E-state index in [0.717, 1.165) is 0 Å². The Kier molecular flexibility index (Phi) is 2.99. The zero-order chi connectivity index (χ0) is 12.5. The largest absolute Gasteiger partial charge is 0.441 e. The summed E-state index contributed by atoms with van der Waals surface area (Å²) in [7, 11) is -3.51. The second-order valence-electron chi connectivity index (χ2n) is 3.50. The lowest BCUT2D eigenvalue weighted by Crippen LogP contribution is -2.23. The normalized spacial score (nSPS) is 11.8. The summed E-state index contributed by atoms with van der Waals surface area (Å²) in [6.07, 6.45) is 1.48. The van der Waals surface area contributed by atoms with Crippen molar-refractivity contribution >= 4 is 21.1 Å². The van der Waals surface area contributed by atoms with Crippen LogP contribution in [0.15, 0.2) is 40.2 Å². The third-order valence-corrected chi connectivity index (χ3v) is 3.62. The Hall–Kier alpha value is -1.66. The Balaban J connectivity index is 2.45. The molecule has 6 heteroatoms. The van der Waals surface area contributed by atoms with Gasteiger partial charge in [-0.25, -0.2) is 18.1 Å². The molecule has 0 radical (unpaired) electrons. The fraction of sp³-hybridized carbons (Fsp3) is 0.182. The molecule has 2 rings (SSSR count). The number of hydrogen-bond donors (Lipinski definition) is 1. The molecule has 0 amide bonds. The van der Waals surface area contributed by atoms with Gasteiger partial charge in [-0.2, -0.15) is 0 Å². The van der Waals surface area contributed by atoms with Crippen LogP contribution in [-0.2, 0) is 10.0 Å². The molecule has 0 saturated heterocycles. The minimum absolute atomic E-state index is 0.156. The second-order valence-corrected chi connectivity index (χ2v) is 5.27. The average Bonchev–Trinajstić information content (AvgIpc) is 2.65. The highest BCUT2D eigenvalue weighted by atomic mass is 32.2. The highest BCUT2D eigenvalue weighted by molar-refractivity contribution is 7.89. The maximum atomic E-state index is 11.8. The zero-order valence-corrected chi connectivity index (χ0v) is 10.1. The molecule has 1 aromatic heterocycles. The number of nitrogens with one attached hydrogen (secondary N) is 1. The van der Waals surface area contributed by atoms with E-state index in [-0.39, 0.29) is 11.4 Å². The van der Waals surface area contributed by atoms with Crippen LogP contribution in [0.5, 0.6) is 0 Å². The number of sulfonamides is 1. The van der Waals surface area contributed by atoms with Gasteiger partial charge < -0.3 is 4.42 Å². The van der Waals surface area contributed by atoms with Gasteiger partial charge in [-0.3, -0.25) is 0 Å². The predicted octanol–water partition coefficient (Wildman–Crippen LogP) is 1.60. The highest BCUT2D eigenvalue weighted by Crippen LogP contribution is 2.19. The molecule has 1 heterocycles. The fourth-order valence-corrected chi connectivity index (χ4v) is 2.45. The van der Waals surface area contributed by atoms with Gasteiger partial charge in [0.1, 0.15) is 5.52 Å². The van der Waals surface area contributed by atoms with E-state index in [1.54, 1.807) is 13.0 Å². The molecule has 0 aliphatic carbocycles. The van der Waals surface area contributed by atoms with Crippen molar-refractivity contribution in [3.63, 3.8) is 0 Å². The zero-order valence-electron chi connectivity index (χ0n) is 9.30. The molecule has 1 N–H and O–H groups in total. The molecule has 0 bridgehead atoms. The Bertz CT molecular complexity index is 658. The smallest absolute Gasteiger partial charge is 0.240 e.